The number of methoxy groups -OCH3 is 1. The van der Waals surface area contributed by atoms with Gasteiger partial charge in [-0.1, -0.05) is 61.7 Å². The first-order valence-electron chi connectivity index (χ1n) is 6.97. The van der Waals surface area contributed by atoms with E-state index in [1.807, 2.05) is 25.1 Å². The van der Waals surface area contributed by atoms with Gasteiger partial charge in [-0.15, -0.1) is 0 Å². The highest BCUT2D eigenvalue weighted by atomic mass is 16.5. The topological polar surface area (TPSA) is 26.3 Å². The van der Waals surface area contributed by atoms with Crippen molar-refractivity contribution >= 4 is 5.97 Å². The van der Waals surface area contributed by atoms with Crippen LogP contribution in [0.1, 0.15) is 38.7 Å². The van der Waals surface area contributed by atoms with Gasteiger partial charge in [-0.25, -0.2) is 0 Å². The monoisotopic (exact) mass is 260 g/mol. The van der Waals surface area contributed by atoms with Gasteiger partial charge in [0.25, 0.3) is 0 Å². The zero-order chi connectivity index (χ0) is 14.1. The van der Waals surface area contributed by atoms with Crippen LogP contribution in [-0.2, 0) is 16.0 Å². The Morgan fingerprint density at radius 1 is 1.32 bits per heavy atom. The summed E-state index contributed by atoms with van der Waals surface area (Å²) in [5, 5.41) is 0. The summed E-state index contributed by atoms with van der Waals surface area (Å²) in [5.41, 5.74) is 2.28. The largest absolute Gasteiger partial charge is 0.469 e. The lowest BCUT2D eigenvalue weighted by molar-refractivity contribution is -0.144. The average molecular weight is 260 g/mol. The summed E-state index contributed by atoms with van der Waals surface area (Å²) < 4.78 is 4.93. The fraction of sp³-hybridized carbons (Fsp3) is 0.471. The van der Waals surface area contributed by atoms with Gasteiger partial charge in [0.2, 0.25) is 0 Å². The fourth-order valence-corrected chi connectivity index (χ4v) is 2.10. The van der Waals surface area contributed by atoms with Crippen LogP contribution in [0.4, 0.5) is 0 Å². The Hall–Kier alpha value is -1.57. The van der Waals surface area contributed by atoms with Gasteiger partial charge in [0.1, 0.15) is 0 Å². The zero-order valence-corrected chi connectivity index (χ0v) is 12.2. The molecular weight excluding hydrogens is 236 g/mol. The van der Waals surface area contributed by atoms with E-state index in [1.165, 1.54) is 19.1 Å². The van der Waals surface area contributed by atoms with E-state index >= 15 is 0 Å². The molecule has 0 amide bonds. The van der Waals surface area contributed by atoms with Gasteiger partial charge in [0, 0.05) is 0 Å². The van der Waals surface area contributed by atoms with Crippen LogP contribution in [-0.4, -0.2) is 13.1 Å². The smallest absolute Gasteiger partial charge is 0.313 e. The van der Waals surface area contributed by atoms with Crippen molar-refractivity contribution in [2.24, 2.45) is 5.92 Å². The molecule has 104 valence electrons. The van der Waals surface area contributed by atoms with Crippen molar-refractivity contribution in [1.82, 2.24) is 0 Å². The van der Waals surface area contributed by atoms with Crippen LogP contribution in [0.3, 0.4) is 0 Å². The number of carbonyl (C=O) groups excluding carboxylic acids is 1. The van der Waals surface area contributed by atoms with Gasteiger partial charge in [-0.3, -0.25) is 4.79 Å². The van der Waals surface area contributed by atoms with E-state index in [0.29, 0.717) is 6.42 Å². The molecule has 1 atom stereocenters. The molecule has 0 aliphatic rings. The molecule has 0 aliphatic carbocycles. The SMILES string of the molecule is CCCC/C=C(/C)C(Cc1ccccc1)C(=O)OC. The number of carbonyl (C=O) groups is 1. The van der Waals surface area contributed by atoms with Crippen LogP contribution >= 0.6 is 0 Å². The lowest BCUT2D eigenvalue weighted by Crippen LogP contribution is -2.20. The molecule has 0 radical (unpaired) electrons. The Morgan fingerprint density at radius 2 is 2.00 bits per heavy atom. The molecule has 0 fully saturated rings. The second kappa shape index (κ2) is 8.52. The van der Waals surface area contributed by atoms with Crippen LogP contribution in [0.2, 0.25) is 0 Å². The first-order chi connectivity index (χ1) is 9.19. The molecule has 19 heavy (non-hydrogen) atoms. The molecule has 1 aromatic rings. The van der Waals surface area contributed by atoms with Gasteiger partial charge in [-0.2, -0.15) is 0 Å². The Balaban J connectivity index is 2.77. The molecule has 1 aromatic carbocycles. The van der Waals surface area contributed by atoms with Crippen molar-refractivity contribution in [2.45, 2.75) is 39.5 Å². The number of unbranched alkanes of at least 4 members (excludes halogenated alkanes) is 2. The summed E-state index contributed by atoms with van der Waals surface area (Å²) in [7, 11) is 1.46. The number of allylic oxidation sites excluding steroid dienone is 1. The summed E-state index contributed by atoms with van der Waals surface area (Å²) in [5.74, 6) is -0.307. The van der Waals surface area contributed by atoms with Gasteiger partial charge >= 0.3 is 5.97 Å². The second-order valence-corrected chi connectivity index (χ2v) is 4.86. The summed E-state index contributed by atoms with van der Waals surface area (Å²) in [6.07, 6.45) is 6.25. The van der Waals surface area contributed by atoms with E-state index in [2.05, 4.69) is 25.1 Å². The van der Waals surface area contributed by atoms with Gasteiger partial charge < -0.3 is 4.74 Å². The van der Waals surface area contributed by atoms with Gasteiger partial charge in [0.15, 0.2) is 0 Å². The number of rotatable bonds is 7. The van der Waals surface area contributed by atoms with E-state index in [1.54, 1.807) is 0 Å². The van der Waals surface area contributed by atoms with E-state index in [-0.39, 0.29) is 11.9 Å². The Bertz CT molecular complexity index is 407. The van der Waals surface area contributed by atoms with Crippen LogP contribution < -0.4 is 0 Å². The highest BCUT2D eigenvalue weighted by molar-refractivity contribution is 5.76. The Kier molecular flexibility index (Phi) is 6.94. The van der Waals surface area contributed by atoms with E-state index in [9.17, 15) is 4.79 Å². The normalized spacial score (nSPS) is 13.1. The Labute approximate surface area is 116 Å². The number of hydrogen-bond acceptors (Lipinski definition) is 2. The van der Waals surface area contributed by atoms with Crippen molar-refractivity contribution in [2.75, 3.05) is 7.11 Å². The van der Waals surface area contributed by atoms with Crippen molar-refractivity contribution in [3.05, 3.63) is 47.5 Å². The highest BCUT2D eigenvalue weighted by Gasteiger charge is 2.21. The first-order valence-corrected chi connectivity index (χ1v) is 6.97. The quantitative estimate of drug-likeness (QED) is 0.418. The van der Waals surface area contributed by atoms with Gasteiger partial charge in [0.05, 0.1) is 13.0 Å². The predicted octanol–water partition coefficient (Wildman–Crippen LogP) is 4.15. The lowest BCUT2D eigenvalue weighted by atomic mass is 9.92. The third-order valence-corrected chi connectivity index (χ3v) is 3.34. The molecule has 2 nitrogen and oxygen atoms in total. The third kappa shape index (κ3) is 5.29. The minimum Gasteiger partial charge on any atom is -0.469 e. The van der Waals surface area contributed by atoms with Crippen molar-refractivity contribution < 1.29 is 9.53 Å². The molecule has 0 aliphatic heterocycles. The van der Waals surface area contributed by atoms with Crippen molar-refractivity contribution in [3.8, 4) is 0 Å². The molecule has 0 N–H and O–H groups in total. The second-order valence-electron chi connectivity index (χ2n) is 4.86. The molecule has 0 saturated heterocycles. The van der Waals surface area contributed by atoms with E-state index < -0.39 is 0 Å². The molecule has 1 unspecified atom stereocenters. The molecule has 0 aromatic heterocycles. The molecule has 2 heteroatoms. The zero-order valence-electron chi connectivity index (χ0n) is 12.2. The molecule has 0 spiro atoms. The van der Waals surface area contributed by atoms with Gasteiger partial charge in [-0.05, 0) is 25.3 Å². The standard InChI is InChI=1S/C17H24O2/c1-4-5-7-10-14(2)16(17(18)19-3)13-15-11-8-6-9-12-15/h6,8-12,16H,4-5,7,13H2,1-3H3/b14-10-. The summed E-state index contributed by atoms with van der Waals surface area (Å²) in [6, 6.07) is 10.1. The van der Waals surface area contributed by atoms with E-state index in [0.717, 1.165) is 18.4 Å². The van der Waals surface area contributed by atoms with Crippen molar-refractivity contribution in [1.29, 1.82) is 0 Å². The number of esters is 1. The molecular formula is C17H24O2. The van der Waals surface area contributed by atoms with Crippen LogP contribution in [0.5, 0.6) is 0 Å². The fourth-order valence-electron chi connectivity index (χ4n) is 2.10. The van der Waals surface area contributed by atoms with Crippen LogP contribution in [0.15, 0.2) is 42.0 Å². The minimum atomic E-state index is -0.163. The number of hydrogen-bond donors (Lipinski definition) is 0. The molecule has 1 rings (SSSR count). The molecule has 0 saturated carbocycles. The van der Waals surface area contributed by atoms with E-state index in [4.69, 9.17) is 4.74 Å². The highest BCUT2D eigenvalue weighted by Crippen LogP contribution is 2.19. The average Bonchev–Trinajstić information content (AvgIpc) is 2.45. The maximum atomic E-state index is 11.9. The summed E-state index contributed by atoms with van der Waals surface area (Å²) >= 11 is 0. The predicted molar refractivity (Wildman–Crippen MR) is 78.9 cm³/mol. The summed E-state index contributed by atoms with van der Waals surface area (Å²) in [4.78, 5) is 11.9. The number of ether oxygens (including phenoxy) is 1. The third-order valence-electron chi connectivity index (χ3n) is 3.34. The van der Waals surface area contributed by atoms with Crippen molar-refractivity contribution in [3.63, 3.8) is 0 Å². The Morgan fingerprint density at radius 3 is 2.58 bits per heavy atom. The molecule has 0 heterocycles. The lowest BCUT2D eigenvalue weighted by Gasteiger charge is -2.15. The van der Waals surface area contributed by atoms with Crippen LogP contribution in [0, 0.1) is 5.92 Å². The maximum absolute atomic E-state index is 11.9. The summed E-state index contributed by atoms with van der Waals surface area (Å²) in [6.45, 7) is 4.20. The maximum Gasteiger partial charge on any atom is 0.313 e. The molecule has 0 bridgehead atoms. The minimum absolute atomic E-state index is 0.144. The first kappa shape index (κ1) is 15.5. The number of benzene rings is 1. The van der Waals surface area contributed by atoms with Crippen LogP contribution in [0.25, 0.3) is 0 Å².